The molecule has 0 unspecified atom stereocenters. The lowest BCUT2D eigenvalue weighted by atomic mass is 10.1. The van der Waals surface area contributed by atoms with Crippen molar-refractivity contribution in [3.05, 3.63) is 100.0 Å². The molecule has 1 aliphatic rings. The Hall–Kier alpha value is -2.70. The summed E-state index contributed by atoms with van der Waals surface area (Å²) in [6.07, 6.45) is 4.24. The van der Waals surface area contributed by atoms with Crippen molar-refractivity contribution in [1.29, 1.82) is 0 Å². The van der Waals surface area contributed by atoms with Crippen LogP contribution in [-0.2, 0) is 27.5 Å². The summed E-state index contributed by atoms with van der Waals surface area (Å²) in [5, 5.41) is 0. The van der Waals surface area contributed by atoms with Gasteiger partial charge in [0, 0.05) is 18.2 Å². The summed E-state index contributed by atoms with van der Waals surface area (Å²) in [6.45, 7) is 0.965. The highest BCUT2D eigenvalue weighted by molar-refractivity contribution is 7.91. The number of hydrogen-bond acceptors (Lipinski definition) is 4. The van der Waals surface area contributed by atoms with Crippen LogP contribution in [0.1, 0.15) is 29.5 Å². The Morgan fingerprint density at radius 2 is 1.60 bits per heavy atom. The van der Waals surface area contributed by atoms with Gasteiger partial charge in [0.1, 0.15) is 0 Å². The van der Waals surface area contributed by atoms with Gasteiger partial charge in [0.05, 0.1) is 18.0 Å². The summed E-state index contributed by atoms with van der Waals surface area (Å²) in [4.78, 5) is 13.2. The third-order valence-electron chi connectivity index (χ3n) is 5.27. The molecule has 4 rings (SSSR count). The van der Waals surface area contributed by atoms with E-state index >= 15 is 0 Å². The maximum Gasteiger partial charge on any atom is 0.254 e. The molecule has 0 aliphatic heterocycles. The van der Waals surface area contributed by atoms with E-state index in [1.807, 2.05) is 36.4 Å². The molecule has 30 heavy (non-hydrogen) atoms. The number of sulfone groups is 1. The Morgan fingerprint density at radius 1 is 0.900 bits per heavy atom. The molecule has 5 nitrogen and oxygen atoms in total. The highest BCUT2D eigenvalue weighted by Gasteiger charge is 2.24. The van der Waals surface area contributed by atoms with Gasteiger partial charge < -0.3 is 9.30 Å². The van der Waals surface area contributed by atoms with Gasteiger partial charge in [-0.2, -0.15) is 0 Å². The Kier molecular flexibility index (Phi) is 6.16. The zero-order valence-corrected chi connectivity index (χ0v) is 17.6. The lowest BCUT2D eigenvalue weighted by Crippen LogP contribution is -2.24. The first-order chi connectivity index (χ1) is 14.5. The van der Waals surface area contributed by atoms with Crippen molar-refractivity contribution < 1.29 is 13.2 Å². The fourth-order valence-electron chi connectivity index (χ4n) is 3.46. The van der Waals surface area contributed by atoms with Gasteiger partial charge in [-0.25, -0.2) is 8.42 Å². The molecule has 0 saturated heterocycles. The zero-order valence-electron chi connectivity index (χ0n) is 16.7. The van der Waals surface area contributed by atoms with Crippen molar-refractivity contribution in [2.75, 3.05) is 12.5 Å². The van der Waals surface area contributed by atoms with Gasteiger partial charge in [-0.15, -0.1) is 0 Å². The van der Waals surface area contributed by atoms with Gasteiger partial charge in [-0.3, -0.25) is 4.79 Å². The summed E-state index contributed by atoms with van der Waals surface area (Å²) in [5.74, 6) is 0.177. The van der Waals surface area contributed by atoms with Gasteiger partial charge in [-0.1, -0.05) is 54.6 Å². The number of benzene rings is 2. The van der Waals surface area contributed by atoms with Crippen molar-refractivity contribution in [1.82, 2.24) is 4.57 Å². The average Bonchev–Trinajstić information content (AvgIpc) is 3.56. The largest absolute Gasteiger partial charge is 0.365 e. The summed E-state index contributed by atoms with van der Waals surface area (Å²) in [6, 6.07) is 20.2. The minimum atomic E-state index is -3.58. The molecular formula is C24H25NO4S. The Balaban J connectivity index is 1.56. The van der Waals surface area contributed by atoms with Gasteiger partial charge in [0.2, 0.25) is 9.84 Å². The van der Waals surface area contributed by atoms with E-state index in [1.54, 1.807) is 41.1 Å². The molecule has 0 amide bonds. The van der Waals surface area contributed by atoms with Crippen LogP contribution in [0.2, 0.25) is 0 Å². The fourth-order valence-corrected chi connectivity index (χ4v) is 4.72. The molecule has 0 bridgehead atoms. The molecule has 0 N–H and O–H groups in total. The summed E-state index contributed by atoms with van der Waals surface area (Å²) in [7, 11) is -3.58. The van der Waals surface area contributed by atoms with Crippen molar-refractivity contribution in [2.24, 2.45) is 5.92 Å². The predicted octanol–water partition coefficient (Wildman–Crippen LogP) is 3.65. The Bertz CT molecular complexity index is 1170. The van der Waals surface area contributed by atoms with E-state index in [-0.39, 0.29) is 22.8 Å². The Morgan fingerprint density at radius 3 is 2.37 bits per heavy atom. The first-order valence-corrected chi connectivity index (χ1v) is 11.8. The zero-order chi connectivity index (χ0) is 21.0. The highest BCUT2D eigenvalue weighted by Crippen LogP contribution is 2.29. The van der Waals surface area contributed by atoms with Crippen LogP contribution in [-0.4, -0.2) is 25.5 Å². The van der Waals surface area contributed by atoms with Crippen LogP contribution < -0.4 is 5.56 Å². The lowest BCUT2D eigenvalue weighted by Gasteiger charge is -2.12. The topological polar surface area (TPSA) is 65.4 Å². The van der Waals surface area contributed by atoms with Crippen LogP contribution in [0.25, 0.3) is 0 Å². The fraction of sp³-hybridized carbons (Fsp3) is 0.292. The molecule has 1 saturated carbocycles. The van der Waals surface area contributed by atoms with E-state index < -0.39 is 9.84 Å². The highest BCUT2D eigenvalue weighted by atomic mass is 32.2. The smallest absolute Gasteiger partial charge is 0.254 e. The number of pyridine rings is 1. The van der Waals surface area contributed by atoms with Gasteiger partial charge in [0.25, 0.3) is 5.56 Å². The first kappa shape index (κ1) is 20.6. The molecule has 3 aromatic rings. The number of ether oxygens (including phenoxy) is 1. The average molecular weight is 424 g/mol. The van der Waals surface area contributed by atoms with E-state index in [0.717, 1.165) is 18.4 Å². The van der Waals surface area contributed by atoms with Crippen LogP contribution in [0.5, 0.6) is 0 Å². The molecule has 0 spiro atoms. The molecule has 0 atom stereocenters. The van der Waals surface area contributed by atoms with Gasteiger partial charge >= 0.3 is 0 Å². The van der Waals surface area contributed by atoms with Crippen molar-refractivity contribution >= 4 is 9.84 Å². The van der Waals surface area contributed by atoms with Crippen molar-refractivity contribution in [2.45, 2.75) is 30.7 Å². The van der Waals surface area contributed by atoms with E-state index in [1.165, 1.54) is 0 Å². The SMILES string of the molecule is O=c1c(Cc2ccccc2S(=O)(=O)COCC2CC2)cccn1Cc1ccccc1. The maximum absolute atomic E-state index is 13.0. The van der Waals surface area contributed by atoms with Gasteiger partial charge in [0.15, 0.2) is 5.94 Å². The van der Waals surface area contributed by atoms with Crippen LogP contribution >= 0.6 is 0 Å². The number of rotatable bonds is 9. The third kappa shape index (κ3) is 5.07. The summed E-state index contributed by atoms with van der Waals surface area (Å²) < 4.78 is 32.8. The second-order valence-corrected chi connectivity index (χ2v) is 9.69. The molecule has 6 heteroatoms. The van der Waals surface area contributed by atoms with Crippen molar-refractivity contribution in [3.8, 4) is 0 Å². The van der Waals surface area contributed by atoms with Crippen LogP contribution in [0.3, 0.4) is 0 Å². The molecule has 1 heterocycles. The van der Waals surface area contributed by atoms with Crippen LogP contribution in [0.4, 0.5) is 0 Å². The molecule has 0 radical (unpaired) electrons. The third-order valence-corrected chi connectivity index (χ3v) is 6.82. The number of aromatic nitrogens is 1. The number of hydrogen-bond donors (Lipinski definition) is 0. The first-order valence-electron chi connectivity index (χ1n) is 10.1. The summed E-state index contributed by atoms with van der Waals surface area (Å²) in [5.41, 5.74) is 2.10. The second-order valence-electron chi connectivity index (χ2n) is 7.78. The predicted molar refractivity (Wildman–Crippen MR) is 116 cm³/mol. The monoisotopic (exact) mass is 423 g/mol. The van der Waals surface area contributed by atoms with E-state index in [0.29, 0.717) is 30.2 Å². The van der Waals surface area contributed by atoms with Gasteiger partial charge in [-0.05, 0) is 42.0 Å². The molecule has 1 fully saturated rings. The van der Waals surface area contributed by atoms with E-state index in [4.69, 9.17) is 4.74 Å². The second kappa shape index (κ2) is 8.98. The van der Waals surface area contributed by atoms with Crippen molar-refractivity contribution in [3.63, 3.8) is 0 Å². The maximum atomic E-state index is 13.0. The van der Waals surface area contributed by atoms with E-state index in [2.05, 4.69) is 0 Å². The molecule has 156 valence electrons. The van der Waals surface area contributed by atoms with Crippen LogP contribution in [0.15, 0.2) is 82.6 Å². The standard InChI is InChI=1S/C24H25NO4S/c26-24-22(10-6-14-25(24)16-19-7-2-1-3-8-19)15-21-9-4-5-11-23(21)30(27,28)18-29-17-20-12-13-20/h1-11,14,20H,12-13,15-18H2. The molecular weight excluding hydrogens is 398 g/mol. The molecule has 1 aliphatic carbocycles. The number of nitrogens with zero attached hydrogens (tertiary/aromatic N) is 1. The van der Waals surface area contributed by atoms with Crippen LogP contribution in [0, 0.1) is 5.92 Å². The normalized spacial score (nSPS) is 14.0. The quantitative estimate of drug-likeness (QED) is 0.527. The minimum Gasteiger partial charge on any atom is -0.365 e. The Labute approximate surface area is 176 Å². The van der Waals surface area contributed by atoms with E-state index in [9.17, 15) is 13.2 Å². The lowest BCUT2D eigenvalue weighted by molar-refractivity contribution is 0.165. The molecule has 2 aromatic carbocycles. The summed E-state index contributed by atoms with van der Waals surface area (Å²) >= 11 is 0. The molecule has 1 aromatic heterocycles. The minimum absolute atomic E-state index is 0.112.